The molecule has 2 fully saturated rings. The Kier molecular flexibility index (Phi) is 4.67. The number of carbonyl (C=O) groups is 1. The zero-order valence-corrected chi connectivity index (χ0v) is 13.2. The molecular weight excluding hydrogens is 236 g/mol. The van der Waals surface area contributed by atoms with Crippen LogP contribution in [0.4, 0.5) is 0 Å². The lowest BCUT2D eigenvalue weighted by molar-refractivity contribution is -0.128. The number of carbonyl (C=O) groups excluding carboxylic acids is 1. The smallest absolute Gasteiger partial charge is 0.137 e. The largest absolute Gasteiger partial charge is 0.305 e. The van der Waals surface area contributed by atoms with Gasteiger partial charge < -0.3 is 9.80 Å². The van der Waals surface area contributed by atoms with Gasteiger partial charge in [-0.05, 0) is 38.3 Å². The Labute approximate surface area is 118 Å². The second kappa shape index (κ2) is 5.92. The number of likely N-dealkylation sites (tertiary alicyclic amines) is 1. The predicted octanol–water partition coefficient (Wildman–Crippen LogP) is 2.12. The lowest BCUT2D eigenvalue weighted by Gasteiger charge is -2.34. The Hall–Kier alpha value is -0.410. The van der Waals surface area contributed by atoms with Crippen molar-refractivity contribution in [3.63, 3.8) is 0 Å². The molecule has 0 aromatic carbocycles. The van der Waals surface area contributed by atoms with Crippen molar-refractivity contribution in [1.82, 2.24) is 9.80 Å². The summed E-state index contributed by atoms with van der Waals surface area (Å²) in [5.74, 6) is 2.65. The van der Waals surface area contributed by atoms with Crippen LogP contribution in [0.2, 0.25) is 0 Å². The first-order chi connectivity index (χ1) is 8.88. The maximum absolute atomic E-state index is 12.3. The number of nitrogens with zero attached hydrogens (tertiary/aromatic N) is 2. The van der Waals surface area contributed by atoms with E-state index in [1.165, 1.54) is 6.42 Å². The van der Waals surface area contributed by atoms with Gasteiger partial charge in [-0.15, -0.1) is 0 Å². The molecule has 5 atom stereocenters. The molecule has 0 aromatic rings. The molecule has 0 spiro atoms. The van der Waals surface area contributed by atoms with E-state index in [9.17, 15) is 4.79 Å². The van der Waals surface area contributed by atoms with Crippen molar-refractivity contribution in [2.45, 2.75) is 39.7 Å². The van der Waals surface area contributed by atoms with Crippen LogP contribution in [0.25, 0.3) is 0 Å². The molecule has 0 aromatic heterocycles. The minimum atomic E-state index is 0.282. The van der Waals surface area contributed by atoms with Crippen molar-refractivity contribution in [2.24, 2.45) is 23.7 Å². The highest BCUT2D eigenvalue weighted by Gasteiger charge is 2.37. The van der Waals surface area contributed by atoms with E-state index in [1.54, 1.807) is 0 Å². The van der Waals surface area contributed by atoms with Gasteiger partial charge in [0.15, 0.2) is 0 Å². The van der Waals surface area contributed by atoms with Crippen LogP contribution < -0.4 is 0 Å². The molecule has 0 radical (unpaired) electrons. The zero-order valence-electron chi connectivity index (χ0n) is 13.2. The summed E-state index contributed by atoms with van der Waals surface area (Å²) in [5.41, 5.74) is 0. The molecular formula is C16H30N2O. The van der Waals surface area contributed by atoms with Crippen molar-refractivity contribution in [3.8, 4) is 0 Å². The number of hydrogen-bond acceptors (Lipinski definition) is 3. The average Bonchev–Trinajstić information content (AvgIpc) is 2.65. The van der Waals surface area contributed by atoms with E-state index in [-0.39, 0.29) is 5.92 Å². The molecule has 1 saturated carbocycles. The van der Waals surface area contributed by atoms with Crippen LogP contribution in [0.3, 0.4) is 0 Å². The van der Waals surface area contributed by atoms with Crippen LogP contribution in [0.5, 0.6) is 0 Å². The standard InChI is InChI=1S/C16H30N2O/c1-11-6-12(2)14(16(19)7-11)9-18-8-13(3)15(10-18)17(4)5/h11-15H,6-10H2,1-5H3. The van der Waals surface area contributed by atoms with Crippen molar-refractivity contribution < 1.29 is 4.79 Å². The SMILES string of the molecule is CC1CC(=O)C(CN2CC(C)C(N(C)C)C2)C(C)C1. The summed E-state index contributed by atoms with van der Waals surface area (Å²) in [5, 5.41) is 0. The van der Waals surface area contributed by atoms with E-state index in [1.807, 2.05) is 0 Å². The Morgan fingerprint density at radius 2 is 1.84 bits per heavy atom. The van der Waals surface area contributed by atoms with E-state index >= 15 is 0 Å². The third-order valence-electron chi connectivity index (χ3n) is 5.19. The van der Waals surface area contributed by atoms with Crippen molar-refractivity contribution in [1.29, 1.82) is 0 Å². The number of likely N-dealkylation sites (N-methyl/N-ethyl adjacent to an activating group) is 1. The summed E-state index contributed by atoms with van der Waals surface area (Å²) < 4.78 is 0. The molecule has 2 aliphatic rings. The summed E-state index contributed by atoms with van der Waals surface area (Å²) >= 11 is 0. The molecule has 0 N–H and O–H groups in total. The van der Waals surface area contributed by atoms with Gasteiger partial charge in [0.05, 0.1) is 0 Å². The third-order valence-corrected chi connectivity index (χ3v) is 5.19. The van der Waals surface area contributed by atoms with Gasteiger partial charge in [-0.2, -0.15) is 0 Å². The molecule has 3 heteroatoms. The fraction of sp³-hybridized carbons (Fsp3) is 0.938. The van der Waals surface area contributed by atoms with Gasteiger partial charge in [0.25, 0.3) is 0 Å². The maximum Gasteiger partial charge on any atom is 0.137 e. The van der Waals surface area contributed by atoms with Crippen molar-refractivity contribution in [3.05, 3.63) is 0 Å². The number of Topliss-reactive ketones (excluding diaryl/α,β-unsaturated/α-hetero) is 1. The fourth-order valence-corrected chi connectivity index (χ4v) is 4.12. The van der Waals surface area contributed by atoms with Crippen LogP contribution in [-0.4, -0.2) is 55.4 Å². The highest BCUT2D eigenvalue weighted by molar-refractivity contribution is 5.82. The molecule has 2 rings (SSSR count). The molecule has 19 heavy (non-hydrogen) atoms. The van der Waals surface area contributed by atoms with E-state index in [2.05, 4.69) is 44.7 Å². The van der Waals surface area contributed by atoms with Crippen LogP contribution >= 0.6 is 0 Å². The van der Waals surface area contributed by atoms with Gasteiger partial charge in [-0.1, -0.05) is 20.8 Å². The third kappa shape index (κ3) is 3.38. The van der Waals surface area contributed by atoms with Crippen molar-refractivity contribution >= 4 is 5.78 Å². The molecule has 3 nitrogen and oxygen atoms in total. The van der Waals surface area contributed by atoms with E-state index in [0.717, 1.165) is 26.1 Å². The van der Waals surface area contributed by atoms with E-state index < -0.39 is 0 Å². The van der Waals surface area contributed by atoms with Crippen LogP contribution in [0, 0.1) is 23.7 Å². The van der Waals surface area contributed by atoms with Gasteiger partial charge in [0.1, 0.15) is 5.78 Å². The van der Waals surface area contributed by atoms with Gasteiger partial charge in [0.2, 0.25) is 0 Å². The quantitative estimate of drug-likeness (QED) is 0.782. The predicted molar refractivity (Wildman–Crippen MR) is 79.1 cm³/mol. The normalized spacial score (nSPS) is 41.2. The molecule has 1 aliphatic carbocycles. The summed E-state index contributed by atoms with van der Waals surface area (Å²) in [6.45, 7) is 10.1. The number of rotatable bonds is 3. The lowest BCUT2D eigenvalue weighted by atomic mass is 9.74. The second-order valence-electron chi connectivity index (χ2n) is 7.32. The van der Waals surface area contributed by atoms with Gasteiger partial charge in [0, 0.05) is 38.0 Å². The Morgan fingerprint density at radius 1 is 1.16 bits per heavy atom. The van der Waals surface area contributed by atoms with E-state index in [4.69, 9.17) is 0 Å². The molecule has 0 amide bonds. The Morgan fingerprint density at radius 3 is 2.37 bits per heavy atom. The first-order valence-corrected chi connectivity index (χ1v) is 7.80. The Bertz CT molecular complexity index is 329. The molecule has 1 aliphatic heterocycles. The van der Waals surface area contributed by atoms with Gasteiger partial charge >= 0.3 is 0 Å². The topological polar surface area (TPSA) is 23.6 Å². The number of ketones is 1. The minimum absolute atomic E-state index is 0.282. The van der Waals surface area contributed by atoms with E-state index in [0.29, 0.717) is 29.6 Å². The van der Waals surface area contributed by atoms with Crippen LogP contribution in [-0.2, 0) is 4.79 Å². The van der Waals surface area contributed by atoms with Gasteiger partial charge in [-0.3, -0.25) is 4.79 Å². The molecule has 110 valence electrons. The Balaban J connectivity index is 1.93. The molecule has 1 saturated heterocycles. The molecule has 1 heterocycles. The van der Waals surface area contributed by atoms with Gasteiger partial charge in [-0.25, -0.2) is 0 Å². The first-order valence-electron chi connectivity index (χ1n) is 7.80. The summed E-state index contributed by atoms with van der Waals surface area (Å²) in [6, 6.07) is 0.646. The van der Waals surface area contributed by atoms with Crippen LogP contribution in [0.1, 0.15) is 33.6 Å². The lowest BCUT2D eigenvalue weighted by Crippen LogP contribution is -2.40. The van der Waals surface area contributed by atoms with Crippen molar-refractivity contribution in [2.75, 3.05) is 33.7 Å². The maximum atomic E-state index is 12.3. The first kappa shape index (κ1) is 15.0. The monoisotopic (exact) mass is 266 g/mol. The summed E-state index contributed by atoms with van der Waals surface area (Å²) in [4.78, 5) is 17.1. The minimum Gasteiger partial charge on any atom is -0.305 e. The average molecular weight is 266 g/mol. The summed E-state index contributed by atoms with van der Waals surface area (Å²) in [6.07, 6.45) is 2.02. The molecule has 0 bridgehead atoms. The summed E-state index contributed by atoms with van der Waals surface area (Å²) in [7, 11) is 4.33. The second-order valence-corrected chi connectivity index (χ2v) is 7.32. The highest BCUT2D eigenvalue weighted by atomic mass is 16.1. The zero-order chi connectivity index (χ0) is 14.2. The van der Waals surface area contributed by atoms with Crippen LogP contribution in [0.15, 0.2) is 0 Å². The number of hydrogen-bond donors (Lipinski definition) is 0. The fourth-order valence-electron chi connectivity index (χ4n) is 4.12. The molecule has 5 unspecified atom stereocenters. The highest BCUT2D eigenvalue weighted by Crippen LogP contribution is 2.32.